The predicted molar refractivity (Wildman–Crippen MR) is 127 cm³/mol. The van der Waals surface area contributed by atoms with E-state index in [2.05, 4.69) is 10.1 Å². The van der Waals surface area contributed by atoms with Crippen LogP contribution in [-0.4, -0.2) is 48.3 Å². The van der Waals surface area contributed by atoms with Gasteiger partial charge >= 0.3 is 0 Å². The van der Waals surface area contributed by atoms with Gasteiger partial charge in [-0.1, -0.05) is 32.1 Å². The summed E-state index contributed by atoms with van der Waals surface area (Å²) in [4.78, 5) is 16.9. The number of carbonyl (C=O) groups excluding carboxylic acids is 1. The van der Waals surface area contributed by atoms with Crippen molar-refractivity contribution < 1.29 is 19.0 Å². The molecular formula is C23H28N4O4S. The van der Waals surface area contributed by atoms with Gasteiger partial charge in [-0.15, -0.1) is 0 Å². The SMILES string of the molecule is COc1cc(/C=C2\C(=N)N3N=C(CCC4CCCCC4)SC3=NC2=O)cc(OC)c1OC. The zero-order chi connectivity index (χ0) is 22.7. The Kier molecular flexibility index (Phi) is 6.83. The third-order valence-corrected chi connectivity index (χ3v) is 6.95. The van der Waals surface area contributed by atoms with Crippen LogP contribution < -0.4 is 14.2 Å². The number of hydrogen-bond donors (Lipinski definition) is 1. The molecule has 1 amide bonds. The van der Waals surface area contributed by atoms with Crippen LogP contribution in [0.5, 0.6) is 17.2 Å². The molecule has 32 heavy (non-hydrogen) atoms. The number of thioether (sulfide) groups is 1. The van der Waals surface area contributed by atoms with Gasteiger partial charge in [-0.05, 0) is 54.3 Å². The highest BCUT2D eigenvalue weighted by atomic mass is 32.2. The van der Waals surface area contributed by atoms with Gasteiger partial charge in [-0.3, -0.25) is 10.2 Å². The minimum absolute atomic E-state index is 0.0221. The molecule has 1 aromatic rings. The molecule has 0 saturated heterocycles. The Morgan fingerprint density at radius 2 is 1.81 bits per heavy atom. The Morgan fingerprint density at radius 3 is 2.44 bits per heavy atom. The Balaban J connectivity index is 1.55. The summed E-state index contributed by atoms with van der Waals surface area (Å²) in [7, 11) is 4.59. The summed E-state index contributed by atoms with van der Waals surface area (Å²) in [5.74, 6) is 1.73. The highest BCUT2D eigenvalue weighted by Crippen LogP contribution is 2.39. The van der Waals surface area contributed by atoms with Gasteiger partial charge in [-0.25, -0.2) is 0 Å². The number of hydrogen-bond acceptors (Lipinski definition) is 7. The van der Waals surface area contributed by atoms with Gasteiger partial charge < -0.3 is 14.2 Å². The normalized spacial score (nSPS) is 20.2. The lowest BCUT2D eigenvalue weighted by Gasteiger charge is -2.20. The lowest BCUT2D eigenvalue weighted by Crippen LogP contribution is -2.35. The lowest BCUT2D eigenvalue weighted by molar-refractivity contribution is -0.114. The van der Waals surface area contributed by atoms with Gasteiger partial charge in [0.2, 0.25) is 10.9 Å². The summed E-state index contributed by atoms with van der Waals surface area (Å²) in [5.41, 5.74) is 0.806. The molecule has 1 aromatic carbocycles. The molecule has 1 fully saturated rings. The zero-order valence-electron chi connectivity index (χ0n) is 18.6. The van der Waals surface area contributed by atoms with Crippen molar-refractivity contribution in [2.45, 2.75) is 44.9 Å². The lowest BCUT2D eigenvalue weighted by atomic mass is 9.86. The molecule has 4 rings (SSSR count). The van der Waals surface area contributed by atoms with E-state index in [-0.39, 0.29) is 11.4 Å². The number of amides is 1. The number of rotatable bonds is 7. The van der Waals surface area contributed by atoms with E-state index >= 15 is 0 Å². The van der Waals surface area contributed by atoms with Crippen molar-refractivity contribution in [2.24, 2.45) is 16.0 Å². The summed E-state index contributed by atoms with van der Waals surface area (Å²) in [6, 6.07) is 3.46. The first-order valence-corrected chi connectivity index (χ1v) is 11.6. The first-order chi connectivity index (χ1) is 15.5. The molecule has 0 unspecified atom stereocenters. The smallest absolute Gasteiger partial charge is 0.283 e. The molecule has 0 atom stereocenters. The van der Waals surface area contributed by atoms with Crippen molar-refractivity contribution in [3.63, 3.8) is 0 Å². The minimum Gasteiger partial charge on any atom is -0.493 e. The molecule has 2 heterocycles. The first-order valence-electron chi connectivity index (χ1n) is 10.8. The van der Waals surface area contributed by atoms with Crippen molar-refractivity contribution in [2.75, 3.05) is 21.3 Å². The van der Waals surface area contributed by atoms with Crippen molar-refractivity contribution in [1.29, 1.82) is 5.41 Å². The van der Waals surface area contributed by atoms with E-state index in [4.69, 9.17) is 19.6 Å². The van der Waals surface area contributed by atoms with E-state index in [9.17, 15) is 4.79 Å². The van der Waals surface area contributed by atoms with Crippen LogP contribution in [0.25, 0.3) is 6.08 Å². The summed E-state index contributed by atoms with van der Waals surface area (Å²) in [6.45, 7) is 0. The van der Waals surface area contributed by atoms with Crippen molar-refractivity contribution >= 4 is 39.8 Å². The van der Waals surface area contributed by atoms with Crippen LogP contribution in [0.1, 0.15) is 50.5 Å². The van der Waals surface area contributed by atoms with Crippen LogP contribution in [0.3, 0.4) is 0 Å². The maximum absolute atomic E-state index is 12.7. The molecule has 0 radical (unpaired) electrons. The number of nitrogens with zero attached hydrogens (tertiary/aromatic N) is 3. The molecule has 0 spiro atoms. The van der Waals surface area contributed by atoms with Gasteiger partial charge in [0.25, 0.3) is 5.91 Å². The third-order valence-electron chi connectivity index (χ3n) is 5.99. The monoisotopic (exact) mass is 456 g/mol. The number of benzene rings is 1. The maximum atomic E-state index is 12.7. The highest BCUT2D eigenvalue weighted by Gasteiger charge is 2.35. The van der Waals surface area contributed by atoms with Crippen LogP contribution in [0.2, 0.25) is 0 Å². The van der Waals surface area contributed by atoms with Crippen LogP contribution >= 0.6 is 11.8 Å². The minimum atomic E-state index is -0.453. The quantitative estimate of drug-likeness (QED) is 0.598. The average Bonchev–Trinajstić information content (AvgIpc) is 3.23. The fraction of sp³-hybridized carbons (Fsp3) is 0.478. The van der Waals surface area contributed by atoms with E-state index in [1.807, 2.05) is 0 Å². The molecular weight excluding hydrogens is 428 g/mol. The van der Waals surface area contributed by atoms with Crippen LogP contribution in [0.15, 0.2) is 27.8 Å². The van der Waals surface area contributed by atoms with E-state index in [0.29, 0.717) is 28.0 Å². The molecule has 1 aliphatic carbocycles. The topological polar surface area (TPSA) is 96.6 Å². The second-order valence-electron chi connectivity index (χ2n) is 8.02. The first kappa shape index (κ1) is 22.4. The maximum Gasteiger partial charge on any atom is 0.283 e. The third kappa shape index (κ3) is 4.53. The number of fused-ring (bicyclic) bond motifs is 1. The number of nitrogens with one attached hydrogen (secondary N) is 1. The van der Waals surface area contributed by atoms with Crippen LogP contribution in [0, 0.1) is 11.3 Å². The zero-order valence-corrected chi connectivity index (χ0v) is 19.5. The second-order valence-corrected chi connectivity index (χ2v) is 9.06. The average molecular weight is 457 g/mol. The molecule has 9 heteroatoms. The number of ether oxygens (including phenoxy) is 3. The second kappa shape index (κ2) is 9.77. The number of amidine groups is 2. The Labute approximate surface area is 192 Å². The molecule has 0 aromatic heterocycles. The van der Waals surface area contributed by atoms with Crippen molar-refractivity contribution in [3.8, 4) is 17.2 Å². The summed E-state index contributed by atoms with van der Waals surface area (Å²) in [5, 5.41) is 16.0. The van der Waals surface area contributed by atoms with Crippen molar-refractivity contribution in [3.05, 3.63) is 23.3 Å². The summed E-state index contributed by atoms with van der Waals surface area (Å²) >= 11 is 1.40. The summed E-state index contributed by atoms with van der Waals surface area (Å²) in [6.07, 6.45) is 10.1. The van der Waals surface area contributed by atoms with E-state index in [0.717, 1.165) is 23.8 Å². The molecule has 170 valence electrons. The molecule has 0 bridgehead atoms. The number of methoxy groups -OCH3 is 3. The fourth-order valence-electron chi connectivity index (χ4n) is 4.29. The van der Waals surface area contributed by atoms with Crippen LogP contribution in [0.4, 0.5) is 0 Å². The van der Waals surface area contributed by atoms with Gasteiger partial charge in [0.1, 0.15) is 5.04 Å². The van der Waals surface area contributed by atoms with Gasteiger partial charge in [0.05, 0.1) is 26.9 Å². The summed E-state index contributed by atoms with van der Waals surface area (Å²) < 4.78 is 16.1. The molecule has 3 aliphatic rings. The predicted octanol–water partition coefficient (Wildman–Crippen LogP) is 4.69. The molecule has 1 saturated carbocycles. The number of aliphatic imine (C=N–C) groups is 1. The van der Waals surface area contributed by atoms with Crippen molar-refractivity contribution in [1.82, 2.24) is 5.01 Å². The van der Waals surface area contributed by atoms with E-state index in [1.165, 1.54) is 70.2 Å². The Bertz CT molecular complexity index is 986. The largest absolute Gasteiger partial charge is 0.493 e. The van der Waals surface area contributed by atoms with Crippen LogP contribution in [-0.2, 0) is 4.79 Å². The van der Waals surface area contributed by atoms with Gasteiger partial charge in [0.15, 0.2) is 17.3 Å². The van der Waals surface area contributed by atoms with E-state index < -0.39 is 5.91 Å². The Hall–Kier alpha value is -2.81. The highest BCUT2D eigenvalue weighted by molar-refractivity contribution is 8.26. The molecule has 2 aliphatic heterocycles. The number of hydrazone groups is 1. The van der Waals surface area contributed by atoms with Gasteiger partial charge in [-0.2, -0.15) is 15.1 Å². The Morgan fingerprint density at radius 1 is 1.12 bits per heavy atom. The molecule has 8 nitrogen and oxygen atoms in total. The molecule has 1 N–H and O–H groups in total. The fourth-order valence-corrected chi connectivity index (χ4v) is 5.19. The number of carbonyl (C=O) groups is 1. The van der Waals surface area contributed by atoms with E-state index in [1.54, 1.807) is 18.2 Å². The van der Waals surface area contributed by atoms with Gasteiger partial charge in [0, 0.05) is 0 Å². The standard InChI is InChI=1S/C23H28N4O4S/c1-29-17-12-15(13-18(30-2)20(17)31-3)11-16-21(24)27-23(25-22(16)28)32-19(26-27)10-9-14-7-5-4-6-8-14/h11-14,24H,4-10H2,1-3H3/b16-11+,24-21?.